The standard InChI is InChI=1S/C36H45N3O5/c1-7-19-37(22-26-15-11-9-12-16-26)34(43)31-36-21-25(5)35(6,44-36)29(30(36)33(42)39(31)28(23-40)24(3)4)32(41)38(20-8-2)27-17-13-10-14-18-27/h7-18,24-25,28-31,40H,1-2,19-23H2,3-6H3/t25?,28-,29+,30-,31?,35-,36?/m0/s1. The first-order valence-corrected chi connectivity index (χ1v) is 15.6. The van der Waals surface area contributed by atoms with Crippen LogP contribution in [0.2, 0.25) is 0 Å². The van der Waals surface area contributed by atoms with Crippen molar-refractivity contribution in [2.24, 2.45) is 23.7 Å². The molecular weight excluding hydrogens is 554 g/mol. The number of aliphatic hydroxyl groups excluding tert-OH is 1. The highest BCUT2D eigenvalue weighted by Crippen LogP contribution is 2.66. The van der Waals surface area contributed by atoms with E-state index in [-0.39, 0.29) is 49.3 Å². The number of aliphatic hydroxyl groups is 1. The number of hydrogen-bond acceptors (Lipinski definition) is 5. The van der Waals surface area contributed by atoms with Crippen LogP contribution in [0.5, 0.6) is 0 Å². The zero-order chi connectivity index (χ0) is 31.8. The molecule has 234 valence electrons. The van der Waals surface area contributed by atoms with E-state index in [1.807, 2.05) is 88.4 Å². The smallest absolute Gasteiger partial charge is 0.249 e. The summed E-state index contributed by atoms with van der Waals surface area (Å²) in [6, 6.07) is 17.4. The minimum absolute atomic E-state index is 0.106. The van der Waals surface area contributed by atoms with Gasteiger partial charge in [0.05, 0.1) is 30.1 Å². The Morgan fingerprint density at radius 3 is 2.23 bits per heavy atom. The highest BCUT2D eigenvalue weighted by Gasteiger charge is 2.80. The summed E-state index contributed by atoms with van der Waals surface area (Å²) >= 11 is 0. The number of likely N-dealkylation sites (tertiary alicyclic amines) is 1. The third kappa shape index (κ3) is 4.98. The number of carbonyl (C=O) groups excluding carboxylic acids is 3. The average molecular weight is 600 g/mol. The quantitative estimate of drug-likeness (QED) is 0.364. The fourth-order valence-corrected chi connectivity index (χ4v) is 7.90. The molecule has 8 heteroatoms. The molecule has 44 heavy (non-hydrogen) atoms. The van der Waals surface area contributed by atoms with Gasteiger partial charge in [-0.2, -0.15) is 0 Å². The molecule has 2 aromatic carbocycles. The van der Waals surface area contributed by atoms with Crippen molar-refractivity contribution in [3.8, 4) is 0 Å². The third-order valence-electron chi connectivity index (χ3n) is 10.1. The predicted octanol–water partition coefficient (Wildman–Crippen LogP) is 4.45. The molecule has 3 saturated heterocycles. The lowest BCUT2D eigenvalue weighted by atomic mass is 9.62. The Balaban J connectivity index is 1.63. The fraction of sp³-hybridized carbons (Fsp3) is 0.472. The number of para-hydroxylation sites is 1. The maximum Gasteiger partial charge on any atom is 0.249 e. The maximum absolute atomic E-state index is 14.8. The molecule has 2 aromatic rings. The van der Waals surface area contributed by atoms with E-state index < -0.39 is 35.1 Å². The first kappa shape index (κ1) is 31.7. The Labute approximate surface area is 261 Å². The van der Waals surface area contributed by atoms with E-state index in [4.69, 9.17) is 4.74 Å². The molecule has 3 fully saturated rings. The van der Waals surface area contributed by atoms with Gasteiger partial charge in [0.2, 0.25) is 17.7 Å². The van der Waals surface area contributed by atoms with Gasteiger partial charge in [0.25, 0.3) is 0 Å². The van der Waals surface area contributed by atoms with Gasteiger partial charge >= 0.3 is 0 Å². The lowest BCUT2D eigenvalue weighted by Crippen LogP contribution is -2.59. The maximum atomic E-state index is 14.8. The van der Waals surface area contributed by atoms with Crippen molar-refractivity contribution in [3.05, 3.63) is 91.5 Å². The Hall–Kier alpha value is -3.75. The third-order valence-corrected chi connectivity index (χ3v) is 10.1. The van der Waals surface area contributed by atoms with E-state index in [2.05, 4.69) is 13.2 Å². The van der Waals surface area contributed by atoms with Gasteiger partial charge in [0.1, 0.15) is 11.6 Å². The molecule has 3 heterocycles. The Kier molecular flexibility index (Phi) is 8.87. The molecule has 1 spiro atoms. The van der Waals surface area contributed by atoms with Crippen LogP contribution in [0.15, 0.2) is 86.0 Å². The second-order valence-corrected chi connectivity index (χ2v) is 13.0. The second kappa shape index (κ2) is 12.3. The normalized spacial score (nSPS) is 29.4. The number of fused-ring (bicyclic) bond motifs is 1. The molecule has 3 unspecified atom stereocenters. The van der Waals surface area contributed by atoms with Crippen molar-refractivity contribution in [2.75, 3.05) is 24.6 Å². The van der Waals surface area contributed by atoms with Crippen LogP contribution >= 0.6 is 0 Å². The number of anilines is 1. The van der Waals surface area contributed by atoms with Crippen molar-refractivity contribution >= 4 is 23.4 Å². The molecule has 2 bridgehead atoms. The monoisotopic (exact) mass is 599 g/mol. The molecular formula is C36H45N3O5. The molecule has 3 aliphatic rings. The largest absolute Gasteiger partial charge is 0.394 e. The number of amides is 3. The van der Waals surface area contributed by atoms with Crippen molar-refractivity contribution < 1.29 is 24.2 Å². The zero-order valence-corrected chi connectivity index (χ0v) is 26.3. The zero-order valence-electron chi connectivity index (χ0n) is 26.3. The first-order valence-electron chi connectivity index (χ1n) is 15.6. The minimum atomic E-state index is -1.22. The number of nitrogens with zero attached hydrogens (tertiary/aromatic N) is 3. The van der Waals surface area contributed by atoms with Gasteiger partial charge in [-0.25, -0.2) is 0 Å². The van der Waals surface area contributed by atoms with Crippen LogP contribution in [0.3, 0.4) is 0 Å². The number of rotatable bonds is 12. The summed E-state index contributed by atoms with van der Waals surface area (Å²) in [5.41, 5.74) is -0.540. The summed E-state index contributed by atoms with van der Waals surface area (Å²) < 4.78 is 6.98. The average Bonchev–Trinajstić information content (AvgIpc) is 3.53. The molecule has 0 saturated carbocycles. The highest BCUT2D eigenvalue weighted by molar-refractivity contribution is 6.03. The number of benzene rings is 2. The van der Waals surface area contributed by atoms with Crippen LogP contribution in [-0.4, -0.2) is 75.6 Å². The van der Waals surface area contributed by atoms with E-state index in [0.717, 1.165) is 5.56 Å². The molecule has 0 aromatic heterocycles. The Bertz CT molecular complexity index is 1400. The van der Waals surface area contributed by atoms with E-state index in [0.29, 0.717) is 18.7 Å². The number of hydrogen-bond donors (Lipinski definition) is 1. The summed E-state index contributed by atoms with van der Waals surface area (Å²) in [4.78, 5) is 49.2. The molecule has 8 nitrogen and oxygen atoms in total. The SMILES string of the molecule is C=CCN(Cc1ccccc1)C(=O)C1N([C@@H](CO)C(C)C)C(=O)[C@@H]2[C@H](C(=O)N(CC=C)c3ccccc3)[C@@]3(C)OC12CC3C. The van der Waals surface area contributed by atoms with Gasteiger partial charge in [0.15, 0.2) is 0 Å². The van der Waals surface area contributed by atoms with Crippen LogP contribution < -0.4 is 4.90 Å². The fourth-order valence-electron chi connectivity index (χ4n) is 7.90. The van der Waals surface area contributed by atoms with Gasteiger partial charge in [-0.15, -0.1) is 13.2 Å². The Morgan fingerprint density at radius 1 is 1.05 bits per heavy atom. The van der Waals surface area contributed by atoms with Crippen LogP contribution in [-0.2, 0) is 25.7 Å². The van der Waals surface area contributed by atoms with Crippen LogP contribution in [0, 0.1) is 23.7 Å². The van der Waals surface area contributed by atoms with Gasteiger partial charge in [0, 0.05) is 25.3 Å². The highest BCUT2D eigenvalue weighted by atomic mass is 16.5. The van der Waals surface area contributed by atoms with E-state index in [1.165, 1.54) is 0 Å². The molecule has 5 rings (SSSR count). The van der Waals surface area contributed by atoms with Gasteiger partial charge in [-0.05, 0) is 42.9 Å². The van der Waals surface area contributed by atoms with Gasteiger partial charge in [-0.3, -0.25) is 14.4 Å². The van der Waals surface area contributed by atoms with Crippen LogP contribution in [0.1, 0.15) is 39.7 Å². The van der Waals surface area contributed by atoms with Gasteiger partial charge < -0.3 is 24.5 Å². The summed E-state index contributed by atoms with van der Waals surface area (Å²) in [6.07, 6.45) is 3.80. The summed E-state index contributed by atoms with van der Waals surface area (Å²) in [5.74, 6) is -2.75. The van der Waals surface area contributed by atoms with E-state index >= 15 is 0 Å². The van der Waals surface area contributed by atoms with Crippen molar-refractivity contribution in [1.82, 2.24) is 9.80 Å². The number of carbonyl (C=O) groups is 3. The molecule has 0 aliphatic carbocycles. The second-order valence-electron chi connectivity index (χ2n) is 13.0. The van der Waals surface area contributed by atoms with Crippen LogP contribution in [0.25, 0.3) is 0 Å². The summed E-state index contributed by atoms with van der Waals surface area (Å²) in [5, 5.41) is 10.6. The molecule has 3 aliphatic heterocycles. The topological polar surface area (TPSA) is 90.4 Å². The van der Waals surface area contributed by atoms with Gasteiger partial charge in [-0.1, -0.05) is 81.5 Å². The van der Waals surface area contributed by atoms with E-state index in [9.17, 15) is 19.5 Å². The summed E-state index contributed by atoms with van der Waals surface area (Å²) in [7, 11) is 0. The first-order chi connectivity index (χ1) is 21.0. The van der Waals surface area contributed by atoms with Crippen molar-refractivity contribution in [2.45, 2.75) is 63.9 Å². The summed E-state index contributed by atoms with van der Waals surface area (Å²) in [6.45, 7) is 16.1. The Morgan fingerprint density at radius 2 is 1.66 bits per heavy atom. The van der Waals surface area contributed by atoms with E-state index in [1.54, 1.807) is 26.9 Å². The van der Waals surface area contributed by atoms with Crippen LogP contribution in [0.4, 0.5) is 5.69 Å². The molecule has 7 atom stereocenters. The predicted molar refractivity (Wildman–Crippen MR) is 170 cm³/mol. The lowest BCUT2D eigenvalue weighted by Gasteiger charge is -2.40. The minimum Gasteiger partial charge on any atom is -0.394 e. The van der Waals surface area contributed by atoms with Crippen molar-refractivity contribution in [3.63, 3.8) is 0 Å². The molecule has 3 amide bonds. The lowest BCUT2D eigenvalue weighted by molar-refractivity contribution is -0.156. The molecule has 0 radical (unpaired) electrons. The molecule has 1 N–H and O–H groups in total. The van der Waals surface area contributed by atoms with Crippen molar-refractivity contribution in [1.29, 1.82) is 0 Å². The number of ether oxygens (including phenoxy) is 1.